The standard InChI is InChI=1S/C29H34FN3O4S/c1-4-26(29(35)31-5-2)32(20-19-23-11-7-6-8-12-23)28(34)21-33(27-14-10-9-13-25(27)30)38(36,37)24-17-15-22(3)16-18-24/h6-18,26H,4-5,19-21H2,1-3H3,(H,31,35)/t26-/m0/s1. The third-order valence-corrected chi connectivity index (χ3v) is 8.00. The normalized spacial score (nSPS) is 12.0. The van der Waals surface area contributed by atoms with Crippen LogP contribution < -0.4 is 9.62 Å². The van der Waals surface area contributed by atoms with Crippen LogP contribution in [0.2, 0.25) is 0 Å². The molecule has 0 fully saturated rings. The lowest BCUT2D eigenvalue weighted by Crippen LogP contribution is -2.53. The molecule has 202 valence electrons. The molecule has 3 aromatic carbocycles. The lowest BCUT2D eigenvalue weighted by atomic mass is 10.1. The zero-order valence-electron chi connectivity index (χ0n) is 21.9. The van der Waals surface area contributed by atoms with Gasteiger partial charge in [-0.15, -0.1) is 0 Å². The van der Waals surface area contributed by atoms with E-state index in [1.54, 1.807) is 26.0 Å². The zero-order valence-corrected chi connectivity index (χ0v) is 22.7. The molecule has 0 aliphatic carbocycles. The summed E-state index contributed by atoms with van der Waals surface area (Å²) < 4.78 is 43.2. The van der Waals surface area contributed by atoms with Gasteiger partial charge in [0.25, 0.3) is 10.0 Å². The van der Waals surface area contributed by atoms with E-state index in [9.17, 15) is 22.4 Å². The number of nitrogens with one attached hydrogen (secondary N) is 1. The molecule has 9 heteroatoms. The minimum Gasteiger partial charge on any atom is -0.355 e. The molecule has 0 radical (unpaired) electrons. The predicted octanol–water partition coefficient (Wildman–Crippen LogP) is 4.32. The van der Waals surface area contributed by atoms with Crippen LogP contribution in [0.1, 0.15) is 31.4 Å². The van der Waals surface area contributed by atoms with E-state index in [-0.39, 0.29) is 23.0 Å². The largest absolute Gasteiger partial charge is 0.355 e. The fourth-order valence-corrected chi connectivity index (χ4v) is 5.61. The van der Waals surface area contributed by atoms with Crippen LogP contribution >= 0.6 is 0 Å². The van der Waals surface area contributed by atoms with Gasteiger partial charge in [-0.3, -0.25) is 13.9 Å². The summed E-state index contributed by atoms with van der Waals surface area (Å²) in [5.74, 6) is -1.70. The summed E-state index contributed by atoms with van der Waals surface area (Å²) in [6.45, 7) is 5.32. The molecule has 3 rings (SSSR count). The number of carbonyl (C=O) groups is 2. The fourth-order valence-electron chi connectivity index (χ4n) is 4.19. The number of hydrogen-bond acceptors (Lipinski definition) is 4. The minimum atomic E-state index is -4.31. The van der Waals surface area contributed by atoms with Crippen LogP contribution in [0.15, 0.2) is 83.8 Å². The van der Waals surface area contributed by atoms with Crippen LogP contribution in [0.4, 0.5) is 10.1 Å². The highest BCUT2D eigenvalue weighted by Crippen LogP contribution is 2.27. The highest BCUT2D eigenvalue weighted by molar-refractivity contribution is 7.92. The maximum absolute atomic E-state index is 14.9. The highest BCUT2D eigenvalue weighted by Gasteiger charge is 2.34. The number of anilines is 1. The number of nitrogens with zero attached hydrogens (tertiary/aromatic N) is 2. The number of halogens is 1. The molecule has 3 aromatic rings. The van der Waals surface area contributed by atoms with Crippen molar-refractivity contribution < 1.29 is 22.4 Å². The number of hydrogen-bond donors (Lipinski definition) is 1. The number of rotatable bonds is 12. The summed E-state index contributed by atoms with van der Waals surface area (Å²) in [4.78, 5) is 28.0. The van der Waals surface area contributed by atoms with E-state index in [2.05, 4.69) is 5.32 Å². The second-order valence-corrected chi connectivity index (χ2v) is 10.8. The van der Waals surface area contributed by atoms with Gasteiger partial charge >= 0.3 is 0 Å². The zero-order chi connectivity index (χ0) is 27.7. The first-order valence-corrected chi connectivity index (χ1v) is 14.1. The molecule has 0 spiro atoms. The van der Waals surface area contributed by atoms with Crippen LogP contribution in [-0.4, -0.2) is 50.8 Å². The van der Waals surface area contributed by atoms with Gasteiger partial charge in [0.05, 0.1) is 10.6 Å². The molecule has 1 atom stereocenters. The Balaban J connectivity index is 2.01. The van der Waals surface area contributed by atoms with Crippen molar-refractivity contribution in [2.24, 2.45) is 0 Å². The second kappa shape index (κ2) is 13.2. The third-order valence-electron chi connectivity index (χ3n) is 6.23. The SMILES string of the molecule is CCNC(=O)[C@H](CC)N(CCc1ccccc1)C(=O)CN(c1ccccc1F)S(=O)(=O)c1ccc(C)cc1. The van der Waals surface area contributed by atoms with E-state index in [1.165, 1.54) is 35.2 Å². The van der Waals surface area contributed by atoms with E-state index in [0.717, 1.165) is 21.5 Å². The molecule has 2 amide bonds. The topological polar surface area (TPSA) is 86.8 Å². The number of sulfonamides is 1. The van der Waals surface area contributed by atoms with Crippen molar-refractivity contribution in [2.75, 3.05) is 23.9 Å². The van der Waals surface area contributed by atoms with Gasteiger partial charge in [-0.05, 0) is 56.5 Å². The van der Waals surface area contributed by atoms with Gasteiger partial charge < -0.3 is 10.2 Å². The van der Waals surface area contributed by atoms with Crippen LogP contribution in [0, 0.1) is 12.7 Å². The van der Waals surface area contributed by atoms with Gasteiger partial charge in [0.2, 0.25) is 11.8 Å². The van der Waals surface area contributed by atoms with Crippen molar-refractivity contribution in [2.45, 2.75) is 44.6 Å². The second-order valence-electron chi connectivity index (χ2n) is 8.92. The molecular weight excluding hydrogens is 505 g/mol. The number of likely N-dealkylation sites (N-methyl/N-ethyl adjacent to an activating group) is 1. The van der Waals surface area contributed by atoms with Gasteiger partial charge in [0.1, 0.15) is 18.4 Å². The molecule has 0 heterocycles. The lowest BCUT2D eigenvalue weighted by Gasteiger charge is -2.33. The van der Waals surface area contributed by atoms with Gasteiger partial charge in [0.15, 0.2) is 0 Å². The molecule has 0 saturated carbocycles. The van der Waals surface area contributed by atoms with Gasteiger partial charge in [0, 0.05) is 13.1 Å². The predicted molar refractivity (Wildman–Crippen MR) is 147 cm³/mol. The molecule has 0 aliphatic heterocycles. The molecular formula is C29H34FN3O4S. The third kappa shape index (κ3) is 6.98. The Morgan fingerprint density at radius 3 is 2.16 bits per heavy atom. The fraction of sp³-hybridized carbons (Fsp3) is 0.310. The minimum absolute atomic E-state index is 0.0641. The summed E-state index contributed by atoms with van der Waals surface area (Å²) in [6, 6.07) is 20.3. The van der Waals surface area contributed by atoms with Crippen LogP contribution in [0.5, 0.6) is 0 Å². The van der Waals surface area contributed by atoms with Crippen molar-refractivity contribution >= 4 is 27.5 Å². The van der Waals surface area contributed by atoms with Crippen molar-refractivity contribution in [1.29, 1.82) is 0 Å². The first-order valence-electron chi connectivity index (χ1n) is 12.6. The van der Waals surface area contributed by atoms with Gasteiger partial charge in [-0.25, -0.2) is 12.8 Å². The molecule has 0 aromatic heterocycles. The Morgan fingerprint density at radius 1 is 0.921 bits per heavy atom. The number of para-hydroxylation sites is 1. The average Bonchev–Trinajstić information content (AvgIpc) is 2.91. The van der Waals surface area contributed by atoms with Crippen LogP contribution in [-0.2, 0) is 26.0 Å². The summed E-state index contributed by atoms with van der Waals surface area (Å²) in [7, 11) is -4.31. The van der Waals surface area contributed by atoms with Crippen LogP contribution in [0.3, 0.4) is 0 Å². The Labute approximate surface area is 224 Å². The van der Waals surface area contributed by atoms with E-state index in [0.29, 0.717) is 19.4 Å². The van der Waals surface area contributed by atoms with Crippen molar-refractivity contribution in [1.82, 2.24) is 10.2 Å². The maximum atomic E-state index is 14.9. The number of amides is 2. The first-order chi connectivity index (χ1) is 18.2. The molecule has 0 saturated heterocycles. The summed E-state index contributed by atoms with van der Waals surface area (Å²) in [6.07, 6.45) is 0.795. The molecule has 38 heavy (non-hydrogen) atoms. The molecule has 1 N–H and O–H groups in total. The van der Waals surface area contributed by atoms with Gasteiger partial charge in [-0.1, -0.05) is 67.1 Å². The van der Waals surface area contributed by atoms with Crippen molar-refractivity contribution in [3.05, 3.63) is 95.8 Å². The number of carbonyl (C=O) groups excluding carboxylic acids is 2. The molecule has 0 aliphatic rings. The number of aryl methyl sites for hydroxylation is 1. The van der Waals surface area contributed by atoms with E-state index < -0.39 is 34.3 Å². The van der Waals surface area contributed by atoms with Crippen molar-refractivity contribution in [3.63, 3.8) is 0 Å². The summed E-state index contributed by atoms with van der Waals surface area (Å²) in [5.41, 5.74) is 1.59. The molecule has 0 bridgehead atoms. The summed E-state index contributed by atoms with van der Waals surface area (Å²) in [5, 5.41) is 2.76. The highest BCUT2D eigenvalue weighted by atomic mass is 32.2. The maximum Gasteiger partial charge on any atom is 0.264 e. The van der Waals surface area contributed by atoms with E-state index >= 15 is 0 Å². The quantitative estimate of drug-likeness (QED) is 0.372. The van der Waals surface area contributed by atoms with E-state index in [4.69, 9.17) is 0 Å². The number of benzene rings is 3. The Morgan fingerprint density at radius 2 is 1.55 bits per heavy atom. The first kappa shape index (κ1) is 28.8. The van der Waals surface area contributed by atoms with Crippen molar-refractivity contribution in [3.8, 4) is 0 Å². The molecule has 0 unspecified atom stereocenters. The summed E-state index contributed by atoms with van der Waals surface area (Å²) >= 11 is 0. The Bertz CT molecular complexity index is 1330. The monoisotopic (exact) mass is 539 g/mol. The van der Waals surface area contributed by atoms with Crippen LogP contribution in [0.25, 0.3) is 0 Å². The van der Waals surface area contributed by atoms with Gasteiger partial charge in [-0.2, -0.15) is 0 Å². The lowest BCUT2D eigenvalue weighted by molar-refractivity contribution is -0.139. The Kier molecular flexibility index (Phi) is 10.0. The van der Waals surface area contributed by atoms with E-state index in [1.807, 2.05) is 37.3 Å². The average molecular weight is 540 g/mol. The smallest absolute Gasteiger partial charge is 0.264 e. The molecule has 7 nitrogen and oxygen atoms in total. The Hall–Kier alpha value is -3.72.